The predicted octanol–water partition coefficient (Wildman–Crippen LogP) is 2.35. The number of amides is 2. The van der Waals surface area contributed by atoms with Gasteiger partial charge in [0.25, 0.3) is 0 Å². The van der Waals surface area contributed by atoms with Crippen LogP contribution in [-0.2, 0) is 14.3 Å². The summed E-state index contributed by atoms with van der Waals surface area (Å²) in [6.45, 7) is 7.89. The first-order valence-corrected chi connectivity index (χ1v) is 8.06. The molecule has 2 amide bonds. The molecule has 1 N–H and O–H groups in total. The number of hydrogen-bond donors (Lipinski definition) is 1. The molecular weight excluding hydrogens is 268 g/mol. The Labute approximate surface area is 129 Å². The summed E-state index contributed by atoms with van der Waals surface area (Å²) in [6.07, 6.45) is 5.26. The zero-order valence-corrected chi connectivity index (χ0v) is 14.1. The van der Waals surface area contributed by atoms with Gasteiger partial charge in [0.2, 0.25) is 11.8 Å². The Morgan fingerprint density at radius 3 is 2.52 bits per heavy atom. The van der Waals surface area contributed by atoms with Gasteiger partial charge in [-0.2, -0.15) is 0 Å². The Hall–Kier alpha value is -1.10. The molecule has 124 valence electrons. The van der Waals surface area contributed by atoms with E-state index in [1.807, 2.05) is 14.0 Å². The van der Waals surface area contributed by atoms with Gasteiger partial charge in [-0.25, -0.2) is 0 Å². The normalized spacial score (nSPS) is 12.0. The molecule has 0 rings (SSSR count). The third-order valence-electron chi connectivity index (χ3n) is 3.37. The molecule has 0 aliphatic carbocycles. The van der Waals surface area contributed by atoms with Gasteiger partial charge < -0.3 is 15.0 Å². The van der Waals surface area contributed by atoms with Crippen molar-refractivity contribution in [2.75, 3.05) is 26.8 Å². The molecule has 5 nitrogen and oxygen atoms in total. The van der Waals surface area contributed by atoms with Gasteiger partial charge in [0.1, 0.15) is 0 Å². The lowest BCUT2D eigenvalue weighted by atomic mass is 10.1. The lowest BCUT2D eigenvalue weighted by Gasteiger charge is -2.16. The molecule has 1 unspecified atom stereocenters. The molecule has 0 bridgehead atoms. The molecule has 0 aromatic rings. The quantitative estimate of drug-likeness (QED) is 0.563. The van der Waals surface area contributed by atoms with Crippen LogP contribution in [0, 0.1) is 0 Å². The van der Waals surface area contributed by atoms with Crippen LogP contribution in [0.15, 0.2) is 0 Å². The average molecular weight is 300 g/mol. The van der Waals surface area contributed by atoms with E-state index in [-0.39, 0.29) is 17.9 Å². The van der Waals surface area contributed by atoms with Gasteiger partial charge >= 0.3 is 0 Å². The van der Waals surface area contributed by atoms with E-state index in [1.165, 1.54) is 0 Å². The summed E-state index contributed by atoms with van der Waals surface area (Å²) in [6, 6.07) is 0.191. The van der Waals surface area contributed by atoms with E-state index in [9.17, 15) is 9.59 Å². The highest BCUT2D eigenvalue weighted by Crippen LogP contribution is 2.03. The topological polar surface area (TPSA) is 58.6 Å². The van der Waals surface area contributed by atoms with Crippen molar-refractivity contribution in [2.45, 2.75) is 65.3 Å². The second-order valence-electron chi connectivity index (χ2n) is 5.62. The Morgan fingerprint density at radius 1 is 1.19 bits per heavy atom. The fraction of sp³-hybridized carbons (Fsp3) is 0.875. The molecule has 5 heteroatoms. The Bertz CT molecular complexity index is 295. The molecule has 0 radical (unpaired) electrons. The van der Waals surface area contributed by atoms with Crippen LogP contribution in [0.3, 0.4) is 0 Å². The summed E-state index contributed by atoms with van der Waals surface area (Å²) in [4.78, 5) is 24.5. The maximum absolute atomic E-state index is 11.7. The van der Waals surface area contributed by atoms with E-state index in [4.69, 9.17) is 4.74 Å². The largest absolute Gasteiger partial charge is 0.381 e. The monoisotopic (exact) mass is 300 g/mol. The van der Waals surface area contributed by atoms with Gasteiger partial charge in [-0.1, -0.05) is 6.92 Å². The third-order valence-corrected chi connectivity index (χ3v) is 3.37. The van der Waals surface area contributed by atoms with E-state index in [0.717, 1.165) is 45.3 Å². The summed E-state index contributed by atoms with van der Waals surface area (Å²) in [5.74, 6) is 0.199. The number of carbonyl (C=O) groups is 2. The Kier molecular flexibility index (Phi) is 12.0. The number of unbranched alkanes of at least 4 members (excludes halogenated alkanes) is 1. The summed E-state index contributed by atoms with van der Waals surface area (Å²) in [7, 11) is 1.81. The van der Waals surface area contributed by atoms with Gasteiger partial charge in [0.15, 0.2) is 0 Å². The molecule has 0 saturated heterocycles. The highest BCUT2D eigenvalue weighted by atomic mass is 16.5. The molecule has 0 spiro atoms. The smallest absolute Gasteiger partial charge is 0.220 e. The summed E-state index contributed by atoms with van der Waals surface area (Å²) in [5.41, 5.74) is 0. The second-order valence-corrected chi connectivity index (χ2v) is 5.62. The Balaban J connectivity index is 3.53. The highest BCUT2D eigenvalue weighted by Gasteiger charge is 2.07. The fourth-order valence-electron chi connectivity index (χ4n) is 1.96. The first-order valence-electron chi connectivity index (χ1n) is 8.06. The van der Waals surface area contributed by atoms with Crippen LogP contribution in [0.25, 0.3) is 0 Å². The number of carbonyl (C=O) groups excluding carboxylic acids is 2. The molecule has 0 saturated carbocycles. The molecule has 0 aromatic carbocycles. The second kappa shape index (κ2) is 12.6. The average Bonchev–Trinajstić information content (AvgIpc) is 2.42. The maximum Gasteiger partial charge on any atom is 0.220 e. The third kappa shape index (κ3) is 12.4. The Morgan fingerprint density at radius 2 is 1.90 bits per heavy atom. The summed E-state index contributed by atoms with van der Waals surface area (Å²) in [5, 5.41) is 3.01. The number of ether oxygens (including phenoxy) is 1. The summed E-state index contributed by atoms with van der Waals surface area (Å²) >= 11 is 0. The molecule has 1 atom stereocenters. The van der Waals surface area contributed by atoms with Crippen molar-refractivity contribution in [3.8, 4) is 0 Å². The van der Waals surface area contributed by atoms with Crippen molar-refractivity contribution in [1.29, 1.82) is 0 Å². The van der Waals surface area contributed by atoms with Gasteiger partial charge in [0, 0.05) is 46.2 Å². The summed E-state index contributed by atoms with van der Waals surface area (Å²) < 4.78 is 5.35. The molecular formula is C16H32N2O3. The minimum atomic E-state index is 0.0987. The lowest BCUT2D eigenvalue weighted by molar-refractivity contribution is -0.127. The SMILES string of the molecule is CCCOCCCC(=O)NC(C)CCCCN(C)C(C)=O. The van der Waals surface area contributed by atoms with E-state index in [2.05, 4.69) is 12.2 Å². The standard InChI is InChI=1S/C16H32N2O3/c1-5-12-21-13-8-10-16(20)17-14(2)9-6-7-11-18(4)15(3)19/h14H,5-13H2,1-4H3,(H,17,20). The first kappa shape index (κ1) is 19.9. The molecule has 0 aliphatic heterocycles. The van der Waals surface area contributed by atoms with Gasteiger partial charge in [-0.3, -0.25) is 9.59 Å². The molecule has 21 heavy (non-hydrogen) atoms. The van der Waals surface area contributed by atoms with Crippen LogP contribution in [0.1, 0.15) is 59.3 Å². The van der Waals surface area contributed by atoms with Crippen molar-refractivity contribution in [3.05, 3.63) is 0 Å². The van der Waals surface area contributed by atoms with E-state index in [0.29, 0.717) is 13.0 Å². The number of rotatable bonds is 12. The van der Waals surface area contributed by atoms with Crippen LogP contribution in [-0.4, -0.2) is 49.6 Å². The van der Waals surface area contributed by atoms with Gasteiger partial charge in [-0.05, 0) is 39.0 Å². The molecule has 0 aromatic heterocycles. The number of nitrogens with one attached hydrogen (secondary N) is 1. The molecule has 0 fully saturated rings. The van der Waals surface area contributed by atoms with Crippen molar-refractivity contribution >= 4 is 11.8 Å². The first-order chi connectivity index (χ1) is 9.97. The van der Waals surface area contributed by atoms with Crippen LogP contribution in [0.4, 0.5) is 0 Å². The van der Waals surface area contributed by atoms with Crippen LogP contribution < -0.4 is 5.32 Å². The maximum atomic E-state index is 11.7. The van der Waals surface area contributed by atoms with Crippen molar-refractivity contribution in [1.82, 2.24) is 10.2 Å². The zero-order valence-electron chi connectivity index (χ0n) is 14.1. The van der Waals surface area contributed by atoms with Crippen LogP contribution in [0.2, 0.25) is 0 Å². The zero-order chi connectivity index (χ0) is 16.1. The van der Waals surface area contributed by atoms with Gasteiger partial charge in [-0.15, -0.1) is 0 Å². The van der Waals surface area contributed by atoms with Crippen molar-refractivity contribution < 1.29 is 14.3 Å². The minimum absolute atomic E-state index is 0.0987. The van der Waals surface area contributed by atoms with Crippen LogP contribution in [0.5, 0.6) is 0 Å². The predicted molar refractivity (Wildman–Crippen MR) is 85.1 cm³/mol. The van der Waals surface area contributed by atoms with Crippen LogP contribution >= 0.6 is 0 Å². The van der Waals surface area contributed by atoms with E-state index in [1.54, 1.807) is 11.8 Å². The minimum Gasteiger partial charge on any atom is -0.381 e. The van der Waals surface area contributed by atoms with Crippen molar-refractivity contribution in [3.63, 3.8) is 0 Å². The van der Waals surface area contributed by atoms with E-state index >= 15 is 0 Å². The van der Waals surface area contributed by atoms with Crippen molar-refractivity contribution in [2.24, 2.45) is 0 Å². The highest BCUT2D eigenvalue weighted by molar-refractivity contribution is 5.76. The lowest BCUT2D eigenvalue weighted by Crippen LogP contribution is -2.32. The fourth-order valence-corrected chi connectivity index (χ4v) is 1.96. The molecule has 0 aliphatic rings. The number of hydrogen-bond acceptors (Lipinski definition) is 3. The molecule has 0 heterocycles. The van der Waals surface area contributed by atoms with E-state index < -0.39 is 0 Å². The van der Waals surface area contributed by atoms with Gasteiger partial charge in [0.05, 0.1) is 0 Å². The number of nitrogens with zero attached hydrogens (tertiary/aromatic N) is 1.